The van der Waals surface area contributed by atoms with Crippen molar-refractivity contribution in [2.45, 2.75) is 6.92 Å². The molecular weight excluding hydrogens is 237 g/mol. The highest BCUT2D eigenvalue weighted by molar-refractivity contribution is 7.14. The molecule has 2 rings (SSSR count). The molecule has 2 heterocycles. The van der Waals surface area contributed by atoms with Crippen molar-refractivity contribution in [2.75, 3.05) is 5.73 Å². The van der Waals surface area contributed by atoms with Crippen molar-refractivity contribution in [3.8, 4) is 10.7 Å². The summed E-state index contributed by atoms with van der Waals surface area (Å²) < 4.78 is 13.2. The Morgan fingerprint density at radius 3 is 2.73 bits per heavy atom. The van der Waals surface area contributed by atoms with Crippen LogP contribution in [0.2, 0.25) is 5.02 Å². The summed E-state index contributed by atoms with van der Waals surface area (Å²) in [6.07, 6.45) is 0. The standard InChI is InChI=1S/C9H7ClFN3S/c1-4-7(11)8(12)14-9(13-4)6-2-5(10)3-15-6/h2-3H,1H3,(H2,12,13,14). The number of nitrogens with two attached hydrogens (primary N) is 1. The highest BCUT2D eigenvalue weighted by atomic mass is 35.5. The second-order valence-corrected chi connectivity index (χ2v) is 4.31. The molecule has 15 heavy (non-hydrogen) atoms. The van der Waals surface area contributed by atoms with E-state index in [1.165, 1.54) is 11.3 Å². The van der Waals surface area contributed by atoms with Crippen LogP contribution in [0.1, 0.15) is 5.69 Å². The summed E-state index contributed by atoms with van der Waals surface area (Å²) >= 11 is 7.16. The first-order valence-corrected chi connectivity index (χ1v) is 5.37. The van der Waals surface area contributed by atoms with Crippen LogP contribution in [0.5, 0.6) is 0 Å². The summed E-state index contributed by atoms with van der Waals surface area (Å²) in [6, 6.07) is 1.72. The third kappa shape index (κ3) is 1.93. The van der Waals surface area contributed by atoms with E-state index in [0.29, 0.717) is 10.8 Å². The van der Waals surface area contributed by atoms with E-state index < -0.39 is 5.82 Å². The third-order valence-electron chi connectivity index (χ3n) is 1.83. The first-order chi connectivity index (χ1) is 7.08. The fraction of sp³-hybridized carbons (Fsp3) is 0.111. The predicted octanol–water partition coefficient (Wildman–Crippen LogP) is 2.89. The van der Waals surface area contributed by atoms with Gasteiger partial charge in [0.1, 0.15) is 0 Å². The van der Waals surface area contributed by atoms with Gasteiger partial charge in [-0.1, -0.05) is 11.6 Å². The Morgan fingerprint density at radius 2 is 2.20 bits per heavy atom. The van der Waals surface area contributed by atoms with Crippen LogP contribution in [0.4, 0.5) is 10.2 Å². The Balaban J connectivity index is 2.55. The summed E-state index contributed by atoms with van der Waals surface area (Å²) in [7, 11) is 0. The topological polar surface area (TPSA) is 51.8 Å². The molecule has 0 aromatic carbocycles. The molecular formula is C9H7ClFN3S. The van der Waals surface area contributed by atoms with E-state index >= 15 is 0 Å². The molecule has 0 radical (unpaired) electrons. The average Bonchev–Trinajstić information content (AvgIpc) is 2.60. The van der Waals surface area contributed by atoms with Crippen LogP contribution in [-0.4, -0.2) is 9.97 Å². The van der Waals surface area contributed by atoms with Crippen LogP contribution in [0.25, 0.3) is 10.7 Å². The summed E-state index contributed by atoms with van der Waals surface area (Å²) in [5.41, 5.74) is 5.65. The lowest BCUT2D eigenvalue weighted by molar-refractivity contribution is 0.608. The van der Waals surface area contributed by atoms with E-state index in [1.807, 2.05) is 0 Å². The summed E-state index contributed by atoms with van der Waals surface area (Å²) in [6.45, 7) is 1.55. The van der Waals surface area contributed by atoms with Crippen molar-refractivity contribution < 1.29 is 4.39 Å². The summed E-state index contributed by atoms with van der Waals surface area (Å²) in [5.74, 6) is -0.299. The van der Waals surface area contributed by atoms with Gasteiger partial charge in [-0.25, -0.2) is 14.4 Å². The highest BCUT2D eigenvalue weighted by Gasteiger charge is 2.11. The van der Waals surface area contributed by atoms with E-state index in [0.717, 1.165) is 4.88 Å². The summed E-state index contributed by atoms with van der Waals surface area (Å²) in [5, 5.41) is 2.37. The van der Waals surface area contributed by atoms with Gasteiger partial charge in [-0.3, -0.25) is 0 Å². The third-order valence-corrected chi connectivity index (χ3v) is 3.10. The SMILES string of the molecule is Cc1nc(-c2cc(Cl)cs2)nc(N)c1F. The van der Waals surface area contributed by atoms with Gasteiger partial charge in [-0.2, -0.15) is 0 Å². The monoisotopic (exact) mass is 243 g/mol. The number of thiophene rings is 1. The zero-order valence-electron chi connectivity index (χ0n) is 7.79. The second kappa shape index (κ2) is 3.75. The van der Waals surface area contributed by atoms with Crippen molar-refractivity contribution in [1.82, 2.24) is 9.97 Å². The van der Waals surface area contributed by atoms with Gasteiger partial charge in [0.25, 0.3) is 0 Å². The van der Waals surface area contributed by atoms with Crippen molar-refractivity contribution in [2.24, 2.45) is 0 Å². The van der Waals surface area contributed by atoms with Gasteiger partial charge in [-0.15, -0.1) is 11.3 Å². The number of hydrogen-bond donors (Lipinski definition) is 1. The Morgan fingerprint density at radius 1 is 1.47 bits per heavy atom. The maximum absolute atomic E-state index is 13.2. The number of rotatable bonds is 1. The molecule has 0 saturated heterocycles. The highest BCUT2D eigenvalue weighted by Crippen LogP contribution is 2.28. The Kier molecular flexibility index (Phi) is 2.58. The minimum atomic E-state index is -0.568. The molecule has 2 aromatic heterocycles. The van der Waals surface area contributed by atoms with Crippen LogP contribution >= 0.6 is 22.9 Å². The number of nitrogens with zero attached hydrogens (tertiary/aromatic N) is 2. The lowest BCUT2D eigenvalue weighted by atomic mass is 10.3. The van der Waals surface area contributed by atoms with Gasteiger partial charge in [0.15, 0.2) is 17.5 Å². The molecule has 2 aromatic rings. The van der Waals surface area contributed by atoms with E-state index in [9.17, 15) is 4.39 Å². The molecule has 0 aliphatic carbocycles. The molecule has 0 saturated carbocycles. The second-order valence-electron chi connectivity index (χ2n) is 2.96. The van der Waals surface area contributed by atoms with Crippen LogP contribution in [0.3, 0.4) is 0 Å². The number of hydrogen-bond acceptors (Lipinski definition) is 4. The summed E-state index contributed by atoms with van der Waals surface area (Å²) in [4.78, 5) is 8.64. The van der Waals surface area contributed by atoms with Crippen molar-refractivity contribution >= 4 is 28.8 Å². The molecule has 3 nitrogen and oxygen atoms in total. The van der Waals surface area contributed by atoms with Gasteiger partial charge in [0.2, 0.25) is 0 Å². The predicted molar refractivity (Wildman–Crippen MR) is 59.5 cm³/mol. The van der Waals surface area contributed by atoms with Gasteiger partial charge >= 0.3 is 0 Å². The molecule has 0 bridgehead atoms. The molecule has 0 aliphatic heterocycles. The van der Waals surface area contributed by atoms with E-state index in [-0.39, 0.29) is 11.5 Å². The van der Waals surface area contributed by atoms with Gasteiger partial charge in [0, 0.05) is 5.38 Å². The molecule has 2 N–H and O–H groups in total. The lowest BCUT2D eigenvalue weighted by Crippen LogP contribution is -2.02. The maximum atomic E-state index is 13.2. The Bertz CT molecular complexity index is 489. The lowest BCUT2D eigenvalue weighted by Gasteiger charge is -2.02. The van der Waals surface area contributed by atoms with Crippen molar-refractivity contribution in [3.63, 3.8) is 0 Å². The maximum Gasteiger partial charge on any atom is 0.186 e. The largest absolute Gasteiger partial charge is 0.381 e. The van der Waals surface area contributed by atoms with Gasteiger partial charge in [-0.05, 0) is 13.0 Å². The smallest absolute Gasteiger partial charge is 0.186 e. The number of halogens is 2. The number of aryl methyl sites for hydroxylation is 1. The number of aromatic nitrogens is 2. The minimum absolute atomic E-state index is 0.137. The van der Waals surface area contributed by atoms with E-state index in [1.54, 1.807) is 18.4 Å². The van der Waals surface area contributed by atoms with Crippen LogP contribution in [0.15, 0.2) is 11.4 Å². The molecule has 0 aliphatic rings. The van der Waals surface area contributed by atoms with E-state index in [2.05, 4.69) is 9.97 Å². The van der Waals surface area contributed by atoms with Gasteiger partial charge < -0.3 is 5.73 Å². The quantitative estimate of drug-likeness (QED) is 0.838. The van der Waals surface area contributed by atoms with Gasteiger partial charge in [0.05, 0.1) is 15.6 Å². The van der Waals surface area contributed by atoms with Crippen LogP contribution in [0, 0.1) is 12.7 Å². The average molecular weight is 244 g/mol. The molecule has 0 unspecified atom stereocenters. The number of nitrogen functional groups attached to an aromatic ring is 1. The van der Waals surface area contributed by atoms with Crippen LogP contribution in [-0.2, 0) is 0 Å². The number of anilines is 1. The zero-order valence-corrected chi connectivity index (χ0v) is 9.36. The van der Waals surface area contributed by atoms with Crippen molar-refractivity contribution in [3.05, 3.63) is 28.0 Å². The molecule has 0 amide bonds. The molecule has 78 valence electrons. The molecule has 0 spiro atoms. The fourth-order valence-corrected chi connectivity index (χ4v) is 2.13. The normalized spacial score (nSPS) is 10.6. The minimum Gasteiger partial charge on any atom is -0.381 e. The zero-order chi connectivity index (χ0) is 11.0. The van der Waals surface area contributed by atoms with Crippen LogP contribution < -0.4 is 5.73 Å². The first kappa shape index (κ1) is 10.3. The van der Waals surface area contributed by atoms with E-state index in [4.69, 9.17) is 17.3 Å². The molecule has 0 atom stereocenters. The fourth-order valence-electron chi connectivity index (χ4n) is 1.12. The molecule has 6 heteroatoms. The Labute approximate surface area is 94.7 Å². The first-order valence-electron chi connectivity index (χ1n) is 4.12. The Hall–Kier alpha value is -1.20. The van der Waals surface area contributed by atoms with Crippen molar-refractivity contribution in [1.29, 1.82) is 0 Å². The molecule has 0 fully saturated rings.